The van der Waals surface area contributed by atoms with Crippen LogP contribution in [0.3, 0.4) is 0 Å². The lowest BCUT2D eigenvalue weighted by atomic mass is 9.95. The van der Waals surface area contributed by atoms with Crippen LogP contribution in [-0.2, 0) is 7.05 Å². The van der Waals surface area contributed by atoms with Crippen LogP contribution in [0.4, 0.5) is 8.78 Å². The van der Waals surface area contributed by atoms with E-state index in [9.17, 15) is 8.78 Å². The van der Waals surface area contributed by atoms with E-state index < -0.39 is 12.0 Å². The average Bonchev–Trinajstić information content (AvgIpc) is 3.06. The van der Waals surface area contributed by atoms with Crippen molar-refractivity contribution in [3.05, 3.63) is 18.0 Å². The van der Waals surface area contributed by atoms with Gasteiger partial charge in [-0.1, -0.05) is 20.4 Å². The topological polar surface area (TPSA) is 30.3 Å². The Morgan fingerprint density at radius 2 is 2.26 bits per heavy atom. The molecule has 3 heterocycles. The quantitative estimate of drug-likeness (QED) is 0.831. The SMILES string of the molecule is C=C(F)c1nc(OC[C@@]23CCCN2C[C@H](F)C3)n(C)c1C(C)C. The van der Waals surface area contributed by atoms with Gasteiger partial charge in [0.1, 0.15) is 24.3 Å². The molecule has 2 saturated heterocycles. The van der Waals surface area contributed by atoms with Crippen molar-refractivity contribution in [3.63, 3.8) is 0 Å². The summed E-state index contributed by atoms with van der Waals surface area (Å²) >= 11 is 0. The van der Waals surface area contributed by atoms with Crippen molar-refractivity contribution in [1.82, 2.24) is 14.5 Å². The highest BCUT2D eigenvalue weighted by molar-refractivity contribution is 5.57. The predicted molar refractivity (Wildman–Crippen MR) is 86.0 cm³/mol. The highest BCUT2D eigenvalue weighted by Gasteiger charge is 2.49. The molecule has 0 amide bonds. The predicted octanol–water partition coefficient (Wildman–Crippen LogP) is 3.44. The maximum absolute atomic E-state index is 13.8. The summed E-state index contributed by atoms with van der Waals surface area (Å²) < 4.78 is 35.2. The molecular formula is C17H25F2N3O. The molecule has 2 fully saturated rings. The maximum Gasteiger partial charge on any atom is 0.296 e. The third-order valence-corrected chi connectivity index (χ3v) is 5.13. The summed E-state index contributed by atoms with van der Waals surface area (Å²) in [5.41, 5.74) is 0.798. The maximum atomic E-state index is 13.8. The van der Waals surface area contributed by atoms with Crippen molar-refractivity contribution in [2.24, 2.45) is 7.05 Å². The second-order valence-electron chi connectivity index (χ2n) is 7.11. The number of hydrogen-bond donors (Lipinski definition) is 0. The lowest BCUT2D eigenvalue weighted by Gasteiger charge is -2.31. The number of imidazole rings is 1. The first-order chi connectivity index (χ1) is 10.8. The molecule has 0 radical (unpaired) electrons. The Morgan fingerprint density at radius 1 is 1.52 bits per heavy atom. The third-order valence-electron chi connectivity index (χ3n) is 5.13. The summed E-state index contributed by atoms with van der Waals surface area (Å²) in [5.74, 6) is -0.445. The number of nitrogens with zero attached hydrogens (tertiary/aromatic N) is 3. The van der Waals surface area contributed by atoms with Gasteiger partial charge < -0.3 is 9.30 Å². The zero-order valence-corrected chi connectivity index (χ0v) is 14.1. The fourth-order valence-electron chi connectivity index (χ4n) is 4.13. The van der Waals surface area contributed by atoms with E-state index in [2.05, 4.69) is 16.5 Å². The second kappa shape index (κ2) is 5.89. The van der Waals surface area contributed by atoms with Gasteiger partial charge in [-0.2, -0.15) is 4.98 Å². The van der Waals surface area contributed by atoms with Crippen molar-refractivity contribution >= 4 is 5.83 Å². The van der Waals surface area contributed by atoms with Gasteiger partial charge in [0.15, 0.2) is 0 Å². The Kier molecular flexibility index (Phi) is 4.21. The zero-order chi connectivity index (χ0) is 16.8. The van der Waals surface area contributed by atoms with Crippen LogP contribution < -0.4 is 4.74 Å². The highest BCUT2D eigenvalue weighted by atomic mass is 19.1. The Morgan fingerprint density at radius 3 is 2.87 bits per heavy atom. The van der Waals surface area contributed by atoms with E-state index in [1.54, 1.807) is 4.57 Å². The van der Waals surface area contributed by atoms with E-state index in [0.29, 0.717) is 25.6 Å². The first kappa shape index (κ1) is 16.4. The number of halogens is 2. The van der Waals surface area contributed by atoms with Gasteiger partial charge in [0.2, 0.25) is 0 Å². The molecule has 23 heavy (non-hydrogen) atoms. The summed E-state index contributed by atoms with van der Waals surface area (Å²) in [6, 6.07) is 0.381. The second-order valence-corrected chi connectivity index (χ2v) is 7.11. The van der Waals surface area contributed by atoms with Crippen LogP contribution in [0.25, 0.3) is 5.83 Å². The van der Waals surface area contributed by atoms with Gasteiger partial charge in [-0.25, -0.2) is 8.78 Å². The number of aromatic nitrogens is 2. The van der Waals surface area contributed by atoms with Crippen LogP contribution in [0.5, 0.6) is 6.01 Å². The number of rotatable bonds is 5. The molecule has 0 aliphatic carbocycles. The van der Waals surface area contributed by atoms with Crippen LogP contribution in [-0.4, -0.2) is 45.9 Å². The normalized spacial score (nSPS) is 27.7. The minimum atomic E-state index is -0.785. The van der Waals surface area contributed by atoms with Gasteiger partial charge in [-0.05, 0) is 25.3 Å². The van der Waals surface area contributed by atoms with Crippen molar-refractivity contribution in [1.29, 1.82) is 0 Å². The highest BCUT2D eigenvalue weighted by Crippen LogP contribution is 2.40. The molecule has 0 saturated carbocycles. The first-order valence-corrected chi connectivity index (χ1v) is 8.27. The minimum absolute atomic E-state index is 0.107. The van der Waals surface area contributed by atoms with Crippen LogP contribution in [0.1, 0.15) is 50.4 Å². The van der Waals surface area contributed by atoms with Crippen molar-refractivity contribution in [3.8, 4) is 6.01 Å². The first-order valence-electron chi connectivity index (χ1n) is 8.27. The molecule has 2 aliphatic rings. The van der Waals surface area contributed by atoms with Crippen molar-refractivity contribution < 1.29 is 13.5 Å². The lowest BCUT2D eigenvalue weighted by molar-refractivity contribution is 0.105. The van der Waals surface area contributed by atoms with Crippen LogP contribution in [0, 0.1) is 0 Å². The Labute approximate surface area is 136 Å². The van der Waals surface area contributed by atoms with Crippen LogP contribution in [0.15, 0.2) is 6.58 Å². The molecule has 0 aromatic carbocycles. The van der Waals surface area contributed by atoms with Gasteiger partial charge in [0, 0.05) is 20.0 Å². The molecule has 0 bridgehead atoms. The van der Waals surface area contributed by atoms with Gasteiger partial charge in [0.05, 0.1) is 11.2 Å². The summed E-state index contributed by atoms with van der Waals surface area (Å²) in [5, 5.41) is 0. The molecule has 2 atom stereocenters. The average molecular weight is 325 g/mol. The Balaban J connectivity index is 1.81. The summed E-state index contributed by atoms with van der Waals surface area (Å²) in [6.07, 6.45) is 1.74. The van der Waals surface area contributed by atoms with Gasteiger partial charge in [-0.15, -0.1) is 0 Å². The van der Waals surface area contributed by atoms with Crippen LogP contribution in [0.2, 0.25) is 0 Å². The Hall–Kier alpha value is -1.43. The zero-order valence-electron chi connectivity index (χ0n) is 14.1. The molecule has 0 spiro atoms. The van der Waals surface area contributed by atoms with Crippen molar-refractivity contribution in [2.75, 3.05) is 19.7 Å². The lowest BCUT2D eigenvalue weighted by Crippen LogP contribution is -2.43. The summed E-state index contributed by atoms with van der Waals surface area (Å²) in [7, 11) is 1.82. The van der Waals surface area contributed by atoms with Gasteiger partial charge in [-0.3, -0.25) is 4.90 Å². The number of alkyl halides is 1. The molecule has 2 aliphatic heterocycles. The fraction of sp³-hybridized carbons (Fsp3) is 0.706. The minimum Gasteiger partial charge on any atom is -0.463 e. The molecule has 4 nitrogen and oxygen atoms in total. The van der Waals surface area contributed by atoms with Crippen LogP contribution >= 0.6 is 0 Å². The molecule has 0 N–H and O–H groups in total. The third kappa shape index (κ3) is 2.77. The van der Waals surface area contributed by atoms with E-state index in [-0.39, 0.29) is 17.2 Å². The monoisotopic (exact) mass is 325 g/mol. The Bertz CT molecular complexity index is 613. The largest absolute Gasteiger partial charge is 0.463 e. The molecule has 0 unspecified atom stereocenters. The number of hydrogen-bond acceptors (Lipinski definition) is 3. The summed E-state index contributed by atoms with van der Waals surface area (Å²) in [4.78, 5) is 6.47. The van der Waals surface area contributed by atoms with E-state index in [0.717, 1.165) is 25.1 Å². The number of fused-ring (bicyclic) bond motifs is 1. The fourth-order valence-corrected chi connectivity index (χ4v) is 4.13. The molecular weight excluding hydrogens is 300 g/mol. The van der Waals surface area contributed by atoms with E-state index in [1.165, 1.54) is 0 Å². The van der Waals surface area contributed by atoms with E-state index >= 15 is 0 Å². The summed E-state index contributed by atoms with van der Waals surface area (Å²) in [6.45, 7) is 9.14. The molecule has 3 rings (SSSR count). The number of ether oxygens (including phenoxy) is 1. The standard InChI is InChI=1S/C17H25F2N3O/c1-11(2)15-14(12(3)18)20-16(21(15)4)23-10-17-6-5-7-22(17)9-13(19)8-17/h11,13H,3,5-10H2,1-2,4H3/t13-,17+/m1/s1. The van der Waals surface area contributed by atoms with E-state index in [4.69, 9.17) is 4.74 Å². The van der Waals surface area contributed by atoms with E-state index in [1.807, 2.05) is 20.9 Å². The molecule has 1 aromatic rings. The molecule has 6 heteroatoms. The molecule has 128 valence electrons. The molecule has 1 aromatic heterocycles. The van der Waals surface area contributed by atoms with Crippen molar-refractivity contribution in [2.45, 2.75) is 50.7 Å². The van der Waals surface area contributed by atoms with Gasteiger partial charge >= 0.3 is 0 Å². The smallest absolute Gasteiger partial charge is 0.296 e. The van der Waals surface area contributed by atoms with Gasteiger partial charge in [0.25, 0.3) is 6.01 Å².